The molecule has 0 spiro atoms. The van der Waals surface area contributed by atoms with Gasteiger partial charge in [-0.25, -0.2) is 13.1 Å². The fourth-order valence-electron chi connectivity index (χ4n) is 1.15. The summed E-state index contributed by atoms with van der Waals surface area (Å²) >= 11 is 1.57. The molecule has 18 heavy (non-hydrogen) atoms. The standard InChI is InChI=1S/C11H15N3O2S2/c1-17-6-5-14-18(15,16)11-7-10(3-2-4-12)8-13-9-11/h7-9,14H,4-6,12H2,1H3. The number of nitrogens with zero attached hydrogens (tertiary/aromatic N) is 1. The molecule has 0 bridgehead atoms. The molecule has 0 aliphatic carbocycles. The van der Waals surface area contributed by atoms with Gasteiger partial charge in [0.25, 0.3) is 0 Å². The molecule has 3 N–H and O–H groups in total. The first-order valence-corrected chi connectivity index (χ1v) is 8.10. The van der Waals surface area contributed by atoms with E-state index in [-0.39, 0.29) is 11.4 Å². The minimum atomic E-state index is -3.50. The topological polar surface area (TPSA) is 85.1 Å². The first-order valence-electron chi connectivity index (χ1n) is 5.22. The molecule has 1 heterocycles. The average Bonchev–Trinajstić information content (AvgIpc) is 2.37. The average molecular weight is 285 g/mol. The molecule has 0 atom stereocenters. The van der Waals surface area contributed by atoms with Crippen LogP contribution < -0.4 is 10.5 Å². The number of hydrogen-bond donors (Lipinski definition) is 2. The summed E-state index contributed by atoms with van der Waals surface area (Å²) in [6.45, 7) is 0.616. The lowest BCUT2D eigenvalue weighted by molar-refractivity contribution is 0.584. The smallest absolute Gasteiger partial charge is 0.242 e. The lowest BCUT2D eigenvalue weighted by Crippen LogP contribution is -2.26. The largest absolute Gasteiger partial charge is 0.320 e. The fourth-order valence-corrected chi connectivity index (χ4v) is 2.60. The van der Waals surface area contributed by atoms with Crippen molar-refractivity contribution >= 4 is 21.8 Å². The SMILES string of the molecule is CSCCNS(=O)(=O)c1cncc(C#CCN)c1. The zero-order valence-electron chi connectivity index (χ0n) is 10.0. The second kappa shape index (κ2) is 7.38. The fraction of sp³-hybridized carbons (Fsp3) is 0.364. The highest BCUT2D eigenvalue weighted by molar-refractivity contribution is 7.98. The van der Waals surface area contributed by atoms with E-state index in [0.717, 1.165) is 5.75 Å². The highest BCUT2D eigenvalue weighted by atomic mass is 32.2. The zero-order valence-corrected chi connectivity index (χ0v) is 11.6. The Bertz CT molecular complexity index is 547. The monoisotopic (exact) mass is 285 g/mol. The van der Waals surface area contributed by atoms with Gasteiger partial charge in [0.2, 0.25) is 10.0 Å². The third-order valence-electron chi connectivity index (χ3n) is 1.96. The number of nitrogens with two attached hydrogens (primary N) is 1. The molecule has 0 aliphatic rings. The predicted molar refractivity (Wildman–Crippen MR) is 73.7 cm³/mol. The minimum absolute atomic E-state index is 0.118. The van der Waals surface area contributed by atoms with Crippen LogP contribution in [0, 0.1) is 11.8 Å². The molecule has 98 valence electrons. The third kappa shape index (κ3) is 4.66. The summed E-state index contributed by atoms with van der Waals surface area (Å²) < 4.78 is 26.3. The molecule has 0 unspecified atom stereocenters. The van der Waals surface area contributed by atoms with Gasteiger partial charge in [0.05, 0.1) is 6.54 Å². The summed E-state index contributed by atoms with van der Waals surface area (Å²) in [6, 6.07) is 1.48. The minimum Gasteiger partial charge on any atom is -0.320 e. The molecule has 0 radical (unpaired) electrons. The highest BCUT2D eigenvalue weighted by Gasteiger charge is 2.13. The normalized spacial score (nSPS) is 10.8. The van der Waals surface area contributed by atoms with E-state index in [1.807, 2.05) is 6.26 Å². The Morgan fingerprint density at radius 1 is 1.50 bits per heavy atom. The van der Waals surface area contributed by atoms with Crippen LogP contribution in [-0.2, 0) is 10.0 Å². The van der Waals surface area contributed by atoms with Crippen LogP contribution in [0.5, 0.6) is 0 Å². The van der Waals surface area contributed by atoms with Gasteiger partial charge in [0, 0.05) is 30.3 Å². The lowest BCUT2D eigenvalue weighted by Gasteiger charge is -2.05. The van der Waals surface area contributed by atoms with Gasteiger partial charge in [-0.1, -0.05) is 11.8 Å². The summed E-state index contributed by atoms with van der Waals surface area (Å²) in [5, 5.41) is 0. The number of aromatic nitrogens is 1. The molecule has 0 fully saturated rings. The van der Waals surface area contributed by atoms with Crippen LogP contribution in [0.15, 0.2) is 23.4 Å². The van der Waals surface area contributed by atoms with Crippen LogP contribution >= 0.6 is 11.8 Å². The van der Waals surface area contributed by atoms with Gasteiger partial charge in [-0.05, 0) is 12.3 Å². The van der Waals surface area contributed by atoms with Gasteiger partial charge in [-0.15, -0.1) is 0 Å². The molecule has 0 amide bonds. The molecule has 0 saturated heterocycles. The van der Waals surface area contributed by atoms with E-state index in [1.54, 1.807) is 11.8 Å². The molecule has 0 aromatic carbocycles. The van der Waals surface area contributed by atoms with Crippen LogP contribution in [0.1, 0.15) is 5.56 Å². The molecular formula is C11H15N3O2S2. The Morgan fingerprint density at radius 3 is 2.94 bits per heavy atom. The summed E-state index contributed by atoms with van der Waals surface area (Å²) in [4.78, 5) is 3.98. The maximum Gasteiger partial charge on any atom is 0.242 e. The van der Waals surface area contributed by atoms with Crippen molar-refractivity contribution in [2.24, 2.45) is 5.73 Å². The van der Waals surface area contributed by atoms with E-state index < -0.39 is 10.0 Å². The van der Waals surface area contributed by atoms with Crippen LogP contribution in [0.2, 0.25) is 0 Å². The Kier molecular flexibility index (Phi) is 6.15. The van der Waals surface area contributed by atoms with Crippen LogP contribution in [-0.4, -0.2) is 38.5 Å². The van der Waals surface area contributed by atoms with Gasteiger partial charge in [0.1, 0.15) is 4.90 Å². The van der Waals surface area contributed by atoms with Gasteiger partial charge >= 0.3 is 0 Å². The van der Waals surface area contributed by atoms with Crippen molar-refractivity contribution in [1.82, 2.24) is 9.71 Å². The highest BCUT2D eigenvalue weighted by Crippen LogP contribution is 2.08. The van der Waals surface area contributed by atoms with Crippen LogP contribution in [0.25, 0.3) is 0 Å². The third-order valence-corrected chi connectivity index (χ3v) is 4.00. The Balaban J connectivity index is 2.88. The number of nitrogens with one attached hydrogen (secondary N) is 1. The Hall–Kier alpha value is -1.07. The van der Waals surface area contributed by atoms with Gasteiger partial charge < -0.3 is 5.73 Å². The van der Waals surface area contributed by atoms with Crippen molar-refractivity contribution in [3.05, 3.63) is 24.0 Å². The number of thioether (sulfide) groups is 1. The molecule has 1 rings (SSSR count). The van der Waals surface area contributed by atoms with Crippen molar-refractivity contribution in [3.63, 3.8) is 0 Å². The zero-order chi connectivity index (χ0) is 13.4. The first kappa shape index (κ1) is 15.0. The molecule has 5 nitrogen and oxygen atoms in total. The van der Waals surface area contributed by atoms with Crippen molar-refractivity contribution in [3.8, 4) is 11.8 Å². The van der Waals surface area contributed by atoms with Gasteiger partial charge in [-0.3, -0.25) is 4.98 Å². The molecule has 0 aliphatic heterocycles. The first-order chi connectivity index (χ1) is 8.60. The van der Waals surface area contributed by atoms with Crippen molar-refractivity contribution < 1.29 is 8.42 Å². The number of sulfonamides is 1. The van der Waals surface area contributed by atoms with E-state index in [2.05, 4.69) is 21.5 Å². The summed E-state index contributed by atoms with van der Waals surface area (Å²) in [5.74, 6) is 6.13. The maximum atomic E-state index is 11.9. The molecule has 1 aromatic heterocycles. The molecule has 0 saturated carbocycles. The van der Waals surface area contributed by atoms with E-state index in [1.165, 1.54) is 18.5 Å². The van der Waals surface area contributed by atoms with Crippen LogP contribution in [0.4, 0.5) is 0 Å². The molecular weight excluding hydrogens is 270 g/mol. The van der Waals surface area contributed by atoms with E-state index in [0.29, 0.717) is 12.1 Å². The summed E-state index contributed by atoms with van der Waals surface area (Å²) in [7, 11) is -3.50. The van der Waals surface area contributed by atoms with E-state index in [4.69, 9.17) is 5.73 Å². The number of hydrogen-bond acceptors (Lipinski definition) is 5. The quantitative estimate of drug-likeness (QED) is 0.589. The van der Waals surface area contributed by atoms with Crippen LogP contribution in [0.3, 0.4) is 0 Å². The Morgan fingerprint density at radius 2 is 2.28 bits per heavy atom. The van der Waals surface area contributed by atoms with Crippen molar-refractivity contribution in [1.29, 1.82) is 0 Å². The summed E-state index contributed by atoms with van der Waals surface area (Å²) in [6.07, 6.45) is 4.72. The van der Waals surface area contributed by atoms with E-state index >= 15 is 0 Å². The van der Waals surface area contributed by atoms with E-state index in [9.17, 15) is 8.42 Å². The second-order valence-electron chi connectivity index (χ2n) is 3.31. The molecule has 1 aromatic rings. The molecule has 7 heteroatoms. The number of pyridine rings is 1. The van der Waals surface area contributed by atoms with Gasteiger partial charge in [0.15, 0.2) is 0 Å². The number of rotatable bonds is 5. The van der Waals surface area contributed by atoms with Crippen molar-refractivity contribution in [2.45, 2.75) is 4.90 Å². The van der Waals surface area contributed by atoms with Gasteiger partial charge in [-0.2, -0.15) is 11.8 Å². The predicted octanol–water partition coefficient (Wildman–Crippen LogP) is 0.0331. The lowest BCUT2D eigenvalue weighted by atomic mass is 10.3. The van der Waals surface area contributed by atoms with Crippen molar-refractivity contribution in [2.75, 3.05) is 25.1 Å². The summed E-state index contributed by atoms with van der Waals surface area (Å²) in [5.41, 5.74) is 5.79. The Labute approximate surface area is 112 Å². The maximum absolute atomic E-state index is 11.9. The second-order valence-corrected chi connectivity index (χ2v) is 6.06.